The monoisotopic (exact) mass is 495 g/mol. The van der Waals surface area contributed by atoms with Crippen molar-refractivity contribution in [1.82, 2.24) is 15.0 Å². The van der Waals surface area contributed by atoms with Gasteiger partial charge in [0.2, 0.25) is 11.8 Å². The molecule has 1 fully saturated rings. The smallest absolute Gasteiger partial charge is 0.312 e. The first-order valence-corrected chi connectivity index (χ1v) is 15.0. The summed E-state index contributed by atoms with van der Waals surface area (Å²) in [5, 5.41) is 0. The van der Waals surface area contributed by atoms with E-state index in [-0.39, 0.29) is 0 Å². The molecule has 35 heavy (non-hydrogen) atoms. The zero-order valence-corrected chi connectivity index (χ0v) is 23.2. The third-order valence-corrected chi connectivity index (χ3v) is 7.78. The lowest BCUT2D eigenvalue weighted by Gasteiger charge is -2.24. The van der Waals surface area contributed by atoms with Gasteiger partial charge in [-0.15, -0.1) is 0 Å². The molecule has 2 heterocycles. The maximum absolute atomic E-state index is 6.07. The Bertz CT molecular complexity index is 840. The Morgan fingerprint density at radius 1 is 0.943 bits per heavy atom. The van der Waals surface area contributed by atoms with Crippen molar-refractivity contribution in [3.8, 4) is 23.0 Å². The van der Waals surface area contributed by atoms with Gasteiger partial charge in [-0.1, -0.05) is 85.0 Å². The number of nitrogens with zero attached hydrogens (tertiary/aromatic N) is 3. The number of unbranched alkanes of at least 4 members (excludes halogenated alkanes) is 5. The van der Waals surface area contributed by atoms with Gasteiger partial charge >= 0.3 is 9.76 Å². The van der Waals surface area contributed by atoms with Crippen LogP contribution in [0.3, 0.4) is 0 Å². The first-order chi connectivity index (χ1) is 17.1. The van der Waals surface area contributed by atoms with Gasteiger partial charge < -0.3 is 9.16 Å². The van der Waals surface area contributed by atoms with Crippen LogP contribution >= 0.6 is 0 Å². The second kappa shape index (κ2) is 15.2. The normalized spacial score (nSPS) is 13.7. The third kappa shape index (κ3) is 11.1. The van der Waals surface area contributed by atoms with Crippen LogP contribution in [-0.4, -0.2) is 31.3 Å². The topological polar surface area (TPSA) is 57.1 Å². The van der Waals surface area contributed by atoms with E-state index in [4.69, 9.17) is 9.16 Å². The van der Waals surface area contributed by atoms with E-state index in [0.717, 1.165) is 29.6 Å². The maximum Gasteiger partial charge on any atom is 0.312 e. The van der Waals surface area contributed by atoms with Gasteiger partial charge in [0.1, 0.15) is 0 Å². The molecule has 3 rings (SSSR count). The molecule has 0 aromatic carbocycles. The van der Waals surface area contributed by atoms with Gasteiger partial charge in [0.25, 0.3) is 0 Å². The van der Waals surface area contributed by atoms with Crippen molar-refractivity contribution in [3.63, 3.8) is 0 Å². The van der Waals surface area contributed by atoms with Gasteiger partial charge in [0.05, 0.1) is 30.3 Å². The van der Waals surface area contributed by atoms with Gasteiger partial charge in [0.15, 0.2) is 0 Å². The Balaban J connectivity index is 1.35. The zero-order chi connectivity index (χ0) is 24.8. The van der Waals surface area contributed by atoms with Crippen molar-refractivity contribution < 1.29 is 9.16 Å². The lowest BCUT2D eigenvalue weighted by molar-refractivity contribution is 0.288. The van der Waals surface area contributed by atoms with Crippen LogP contribution in [0.2, 0.25) is 6.04 Å². The number of ether oxygens (including phenoxy) is 1. The number of rotatable bonds is 19. The summed E-state index contributed by atoms with van der Waals surface area (Å²) in [6.07, 6.45) is 22.3. The Morgan fingerprint density at radius 3 is 2.54 bits per heavy atom. The highest BCUT2D eigenvalue weighted by molar-refractivity contribution is 6.28. The second-order valence-corrected chi connectivity index (χ2v) is 11.8. The molecule has 0 unspecified atom stereocenters. The molecule has 5 nitrogen and oxygen atoms in total. The Hall–Kier alpha value is -1.95. The van der Waals surface area contributed by atoms with Gasteiger partial charge in [-0.25, -0.2) is 15.0 Å². The van der Waals surface area contributed by atoms with Crippen LogP contribution in [0.1, 0.15) is 104 Å². The molecule has 0 N–H and O–H groups in total. The number of aromatic nitrogens is 3. The van der Waals surface area contributed by atoms with Crippen molar-refractivity contribution in [1.29, 1.82) is 0 Å². The summed E-state index contributed by atoms with van der Waals surface area (Å²) in [5.74, 6) is 2.27. The summed E-state index contributed by atoms with van der Waals surface area (Å²) in [5.41, 5.74) is 2.11. The first kappa shape index (κ1) is 27.6. The Morgan fingerprint density at radius 2 is 1.77 bits per heavy atom. The van der Waals surface area contributed by atoms with Gasteiger partial charge in [-0.05, 0) is 48.8 Å². The predicted octanol–water partition coefficient (Wildman–Crippen LogP) is 8.08. The average Bonchev–Trinajstić information content (AvgIpc) is 3.69. The molecule has 0 aliphatic heterocycles. The summed E-state index contributed by atoms with van der Waals surface area (Å²) in [4.78, 5) is 13.5. The predicted molar refractivity (Wildman–Crippen MR) is 145 cm³/mol. The molecule has 0 bridgehead atoms. The summed E-state index contributed by atoms with van der Waals surface area (Å²) in [6.45, 7) is 7.77. The second-order valence-electron chi connectivity index (χ2n) is 10.8. The van der Waals surface area contributed by atoms with E-state index >= 15 is 0 Å². The lowest BCUT2D eigenvalue weighted by Crippen LogP contribution is -2.11. The standard InChI is InChI=1S/C29H45N3O2Si/c1-4-5-17-29(2,3)18-9-11-21-35-34-28-25(14-12-19-30-28)26-22-32-27(23-31-26)33-20-10-7-6-8-13-24-15-16-24/h12,14,19,22-24H,4-11,13,15-18,20-21H2,1-3H3. The van der Waals surface area contributed by atoms with Crippen LogP contribution in [0.25, 0.3) is 11.3 Å². The molecule has 1 aliphatic rings. The zero-order valence-electron chi connectivity index (χ0n) is 22.2. The molecule has 1 aliphatic carbocycles. The Labute approximate surface area is 215 Å². The Kier molecular flexibility index (Phi) is 12.0. The van der Waals surface area contributed by atoms with E-state index in [1.807, 2.05) is 12.1 Å². The van der Waals surface area contributed by atoms with Crippen molar-refractivity contribution >= 4 is 9.76 Å². The van der Waals surface area contributed by atoms with Crippen LogP contribution in [0.4, 0.5) is 0 Å². The summed E-state index contributed by atoms with van der Waals surface area (Å²) in [7, 11) is 0.409. The fourth-order valence-electron chi connectivity index (χ4n) is 4.37. The van der Waals surface area contributed by atoms with Crippen LogP contribution in [0.5, 0.6) is 11.8 Å². The van der Waals surface area contributed by atoms with Crippen LogP contribution in [0.15, 0.2) is 30.7 Å². The van der Waals surface area contributed by atoms with E-state index < -0.39 is 0 Å². The molecular formula is C29H45N3O2Si. The minimum atomic E-state index is 0.409. The molecule has 0 amide bonds. The lowest BCUT2D eigenvalue weighted by atomic mass is 9.82. The maximum atomic E-state index is 6.07. The SMILES string of the molecule is CCCCC(C)(C)CCCC[Si]Oc1ncccc1-c1cnc(OCCCCCCC2CC2)cn1. The highest BCUT2D eigenvalue weighted by Gasteiger charge is 2.20. The number of hydrogen-bond donors (Lipinski definition) is 0. The molecule has 0 saturated heterocycles. The van der Waals surface area contributed by atoms with E-state index in [2.05, 4.69) is 35.7 Å². The highest BCUT2D eigenvalue weighted by atomic mass is 28.2. The van der Waals surface area contributed by atoms with Crippen molar-refractivity contribution in [2.45, 2.75) is 110 Å². The average molecular weight is 496 g/mol. The van der Waals surface area contributed by atoms with Crippen molar-refractivity contribution in [3.05, 3.63) is 30.7 Å². The summed E-state index contributed by atoms with van der Waals surface area (Å²) >= 11 is 0. The molecule has 1 saturated carbocycles. The molecule has 0 atom stereocenters. The summed E-state index contributed by atoms with van der Waals surface area (Å²) in [6, 6.07) is 4.98. The molecular weight excluding hydrogens is 450 g/mol. The van der Waals surface area contributed by atoms with Crippen LogP contribution < -0.4 is 9.16 Å². The van der Waals surface area contributed by atoms with Gasteiger partial charge in [-0.3, -0.25) is 0 Å². The third-order valence-electron chi connectivity index (χ3n) is 6.89. The number of pyridine rings is 1. The molecule has 2 radical (unpaired) electrons. The van der Waals surface area contributed by atoms with Gasteiger partial charge in [-0.2, -0.15) is 0 Å². The largest absolute Gasteiger partial charge is 0.528 e. The van der Waals surface area contributed by atoms with Crippen molar-refractivity contribution in [2.75, 3.05) is 6.61 Å². The first-order valence-electron chi connectivity index (χ1n) is 13.9. The van der Waals surface area contributed by atoms with Crippen LogP contribution in [-0.2, 0) is 0 Å². The fraction of sp³-hybridized carbons (Fsp3) is 0.690. The molecule has 2 aromatic rings. The van der Waals surface area contributed by atoms with E-state index in [9.17, 15) is 0 Å². The highest BCUT2D eigenvalue weighted by Crippen LogP contribution is 2.34. The minimum absolute atomic E-state index is 0.409. The van der Waals surface area contributed by atoms with E-state index in [1.54, 1.807) is 18.6 Å². The summed E-state index contributed by atoms with van der Waals surface area (Å²) < 4.78 is 11.9. The van der Waals surface area contributed by atoms with Crippen LogP contribution in [0, 0.1) is 11.3 Å². The molecule has 6 heteroatoms. The fourth-order valence-corrected chi connectivity index (χ4v) is 5.17. The van der Waals surface area contributed by atoms with Crippen molar-refractivity contribution in [2.24, 2.45) is 11.3 Å². The van der Waals surface area contributed by atoms with E-state index in [1.165, 1.54) is 77.0 Å². The quantitative estimate of drug-likeness (QED) is 0.146. The molecule has 2 aromatic heterocycles. The minimum Gasteiger partial charge on any atom is -0.528 e. The molecule has 0 spiro atoms. The van der Waals surface area contributed by atoms with E-state index in [0.29, 0.717) is 33.5 Å². The molecule has 192 valence electrons. The number of hydrogen-bond acceptors (Lipinski definition) is 5. The van der Waals surface area contributed by atoms with Gasteiger partial charge in [0, 0.05) is 6.20 Å².